The second kappa shape index (κ2) is 8.84. The number of benzene rings is 1. The van der Waals surface area contributed by atoms with Crippen molar-refractivity contribution in [3.63, 3.8) is 0 Å². The number of halogens is 1. The van der Waals surface area contributed by atoms with Crippen LogP contribution in [0.15, 0.2) is 24.3 Å². The number of hydrogen-bond donors (Lipinski definition) is 1. The predicted molar refractivity (Wildman–Crippen MR) is 84.5 cm³/mol. The summed E-state index contributed by atoms with van der Waals surface area (Å²) in [5.41, 5.74) is 1.24. The highest BCUT2D eigenvalue weighted by Gasteiger charge is 2.14. The van der Waals surface area contributed by atoms with Crippen molar-refractivity contribution in [2.75, 3.05) is 12.3 Å². The fourth-order valence-corrected chi connectivity index (χ4v) is 3.45. The Morgan fingerprint density at radius 3 is 2.61 bits per heavy atom. The van der Waals surface area contributed by atoms with Crippen LogP contribution in [0.2, 0.25) is 5.02 Å². The third-order valence-corrected chi connectivity index (χ3v) is 4.79. The van der Waals surface area contributed by atoms with E-state index < -0.39 is 0 Å². The molecule has 0 amide bonds. The molecule has 0 aromatic heterocycles. The van der Waals surface area contributed by atoms with E-state index in [2.05, 4.69) is 38.2 Å². The highest BCUT2D eigenvalue weighted by Crippen LogP contribution is 2.22. The van der Waals surface area contributed by atoms with E-state index in [0.717, 1.165) is 29.0 Å². The maximum atomic E-state index is 6.16. The number of rotatable bonds is 8. The van der Waals surface area contributed by atoms with Gasteiger partial charge in [0.2, 0.25) is 0 Å². The standard InChI is InChI=1S/C15H24ClNS/c1-4-12(3)15(17-5-2)11-18-10-13-8-6-7-9-14(13)16/h6-9,12,15,17H,4-5,10-11H2,1-3H3. The summed E-state index contributed by atoms with van der Waals surface area (Å²) in [6.45, 7) is 7.80. The van der Waals surface area contributed by atoms with Crippen molar-refractivity contribution in [3.8, 4) is 0 Å². The van der Waals surface area contributed by atoms with Crippen molar-refractivity contribution >= 4 is 23.4 Å². The van der Waals surface area contributed by atoms with Crippen molar-refractivity contribution in [3.05, 3.63) is 34.9 Å². The normalized spacial score (nSPS) is 14.4. The molecule has 3 heteroatoms. The van der Waals surface area contributed by atoms with E-state index >= 15 is 0 Å². The Kier molecular flexibility index (Phi) is 7.80. The molecule has 2 unspecified atom stereocenters. The molecule has 0 aliphatic rings. The summed E-state index contributed by atoms with van der Waals surface area (Å²) in [5, 5.41) is 4.46. The van der Waals surface area contributed by atoms with E-state index in [1.165, 1.54) is 12.0 Å². The minimum atomic E-state index is 0.604. The average Bonchev–Trinajstić information content (AvgIpc) is 2.39. The van der Waals surface area contributed by atoms with E-state index in [0.29, 0.717) is 6.04 Å². The first-order valence-corrected chi connectivity index (χ1v) is 8.26. The molecule has 0 fully saturated rings. The first-order chi connectivity index (χ1) is 8.69. The Morgan fingerprint density at radius 1 is 1.28 bits per heavy atom. The lowest BCUT2D eigenvalue weighted by Crippen LogP contribution is -2.36. The highest BCUT2D eigenvalue weighted by atomic mass is 35.5. The summed E-state index contributed by atoms with van der Waals surface area (Å²) in [5.74, 6) is 2.87. The topological polar surface area (TPSA) is 12.0 Å². The molecule has 0 spiro atoms. The largest absolute Gasteiger partial charge is 0.313 e. The van der Waals surface area contributed by atoms with Crippen LogP contribution in [0.1, 0.15) is 32.8 Å². The fourth-order valence-electron chi connectivity index (χ4n) is 1.88. The molecule has 0 aliphatic carbocycles. The Morgan fingerprint density at radius 2 is 2.00 bits per heavy atom. The van der Waals surface area contributed by atoms with Crippen molar-refractivity contribution in [1.29, 1.82) is 0 Å². The molecule has 0 bridgehead atoms. The van der Waals surface area contributed by atoms with Crippen molar-refractivity contribution in [1.82, 2.24) is 5.32 Å². The van der Waals surface area contributed by atoms with Gasteiger partial charge < -0.3 is 5.32 Å². The van der Waals surface area contributed by atoms with Gasteiger partial charge in [-0.15, -0.1) is 0 Å². The van der Waals surface area contributed by atoms with Crippen LogP contribution in [0.5, 0.6) is 0 Å². The number of thioether (sulfide) groups is 1. The van der Waals surface area contributed by atoms with Crippen LogP contribution >= 0.6 is 23.4 Å². The molecule has 0 aliphatic heterocycles. The fraction of sp³-hybridized carbons (Fsp3) is 0.600. The minimum Gasteiger partial charge on any atom is -0.313 e. The zero-order valence-electron chi connectivity index (χ0n) is 11.6. The number of nitrogens with one attached hydrogen (secondary N) is 1. The Labute approximate surface area is 121 Å². The van der Waals surface area contributed by atoms with Crippen LogP contribution in [0.25, 0.3) is 0 Å². The van der Waals surface area contributed by atoms with Gasteiger partial charge in [0.1, 0.15) is 0 Å². The average molecular weight is 286 g/mol. The molecule has 0 saturated heterocycles. The zero-order valence-corrected chi connectivity index (χ0v) is 13.2. The minimum absolute atomic E-state index is 0.604. The molecule has 1 N–H and O–H groups in total. The van der Waals surface area contributed by atoms with Gasteiger partial charge in [-0.1, -0.05) is 57.0 Å². The van der Waals surface area contributed by atoms with Gasteiger partial charge in [-0.05, 0) is 24.1 Å². The molecular formula is C15H24ClNS. The van der Waals surface area contributed by atoms with E-state index in [9.17, 15) is 0 Å². The van der Waals surface area contributed by atoms with Gasteiger partial charge in [0.15, 0.2) is 0 Å². The lowest BCUT2D eigenvalue weighted by Gasteiger charge is -2.23. The summed E-state index contributed by atoms with van der Waals surface area (Å²) in [6, 6.07) is 8.72. The maximum absolute atomic E-state index is 6.16. The van der Waals surface area contributed by atoms with E-state index in [1.54, 1.807) is 0 Å². The molecule has 0 radical (unpaired) electrons. The summed E-state index contributed by atoms with van der Waals surface area (Å²) in [7, 11) is 0. The van der Waals surface area contributed by atoms with Crippen molar-refractivity contribution < 1.29 is 0 Å². The molecule has 0 heterocycles. The first-order valence-electron chi connectivity index (χ1n) is 6.73. The quantitative estimate of drug-likeness (QED) is 0.749. The Balaban J connectivity index is 2.41. The summed E-state index contributed by atoms with van der Waals surface area (Å²) in [4.78, 5) is 0. The van der Waals surface area contributed by atoms with E-state index in [1.807, 2.05) is 23.9 Å². The third-order valence-electron chi connectivity index (χ3n) is 3.31. The highest BCUT2D eigenvalue weighted by molar-refractivity contribution is 7.98. The van der Waals surface area contributed by atoms with Crippen LogP contribution in [0, 0.1) is 5.92 Å². The molecule has 18 heavy (non-hydrogen) atoms. The van der Waals surface area contributed by atoms with E-state index in [-0.39, 0.29) is 0 Å². The van der Waals surface area contributed by atoms with Crippen molar-refractivity contribution in [2.24, 2.45) is 5.92 Å². The molecule has 1 aromatic rings. The van der Waals surface area contributed by atoms with Gasteiger partial charge in [-0.3, -0.25) is 0 Å². The molecular weight excluding hydrogens is 262 g/mol. The molecule has 1 rings (SSSR count). The summed E-state index contributed by atoms with van der Waals surface area (Å²) < 4.78 is 0. The summed E-state index contributed by atoms with van der Waals surface area (Å²) in [6.07, 6.45) is 1.23. The first kappa shape index (κ1) is 15.9. The maximum Gasteiger partial charge on any atom is 0.0446 e. The lowest BCUT2D eigenvalue weighted by atomic mass is 10.0. The van der Waals surface area contributed by atoms with Crippen LogP contribution in [0.4, 0.5) is 0 Å². The summed E-state index contributed by atoms with van der Waals surface area (Å²) >= 11 is 8.13. The monoisotopic (exact) mass is 285 g/mol. The predicted octanol–water partition coefficient (Wildman–Crippen LogP) is 4.60. The van der Waals surface area contributed by atoms with Gasteiger partial charge in [-0.25, -0.2) is 0 Å². The molecule has 1 aromatic carbocycles. The van der Waals surface area contributed by atoms with Crippen LogP contribution in [-0.4, -0.2) is 18.3 Å². The smallest absolute Gasteiger partial charge is 0.0446 e. The second-order valence-corrected chi connectivity index (χ2v) is 6.09. The van der Waals surface area contributed by atoms with Gasteiger partial charge >= 0.3 is 0 Å². The van der Waals surface area contributed by atoms with Gasteiger partial charge in [0, 0.05) is 22.6 Å². The Bertz CT molecular complexity index is 343. The lowest BCUT2D eigenvalue weighted by molar-refractivity contribution is 0.404. The van der Waals surface area contributed by atoms with Gasteiger partial charge in [0.05, 0.1) is 0 Å². The second-order valence-electron chi connectivity index (χ2n) is 4.66. The van der Waals surface area contributed by atoms with Crippen LogP contribution in [-0.2, 0) is 5.75 Å². The number of hydrogen-bond acceptors (Lipinski definition) is 2. The zero-order chi connectivity index (χ0) is 13.4. The molecule has 1 nitrogen and oxygen atoms in total. The SMILES string of the molecule is CCNC(CSCc1ccccc1Cl)C(C)CC. The van der Waals surface area contributed by atoms with Crippen molar-refractivity contribution in [2.45, 2.75) is 39.0 Å². The van der Waals surface area contributed by atoms with Crippen LogP contribution < -0.4 is 5.32 Å². The van der Waals surface area contributed by atoms with Gasteiger partial charge in [-0.2, -0.15) is 11.8 Å². The van der Waals surface area contributed by atoms with E-state index in [4.69, 9.17) is 11.6 Å². The third kappa shape index (κ3) is 5.21. The molecule has 102 valence electrons. The molecule has 0 saturated carbocycles. The van der Waals surface area contributed by atoms with Crippen LogP contribution in [0.3, 0.4) is 0 Å². The molecule has 2 atom stereocenters. The Hall–Kier alpha value is -0.180. The van der Waals surface area contributed by atoms with Gasteiger partial charge in [0.25, 0.3) is 0 Å².